The lowest BCUT2D eigenvalue weighted by Gasteiger charge is -2.21. The highest BCUT2D eigenvalue weighted by molar-refractivity contribution is 8.77. The van der Waals surface area contributed by atoms with E-state index in [1.807, 2.05) is 43.2 Å². The first-order valence-electron chi connectivity index (χ1n) is 12.8. The van der Waals surface area contributed by atoms with Crippen molar-refractivity contribution in [3.05, 3.63) is 0 Å². The van der Waals surface area contributed by atoms with Gasteiger partial charge in [0.2, 0.25) is 0 Å². The van der Waals surface area contributed by atoms with Gasteiger partial charge in [-0.15, -0.1) is 0 Å². The van der Waals surface area contributed by atoms with Crippen molar-refractivity contribution in [3.63, 3.8) is 0 Å². The Morgan fingerprint density at radius 1 is 0.758 bits per heavy atom. The van der Waals surface area contributed by atoms with Crippen LogP contribution in [0.5, 0.6) is 0 Å². The summed E-state index contributed by atoms with van der Waals surface area (Å²) in [5, 5.41) is 1.56. The second-order valence-electron chi connectivity index (χ2n) is 8.79. The van der Waals surface area contributed by atoms with Crippen LogP contribution < -0.4 is 0 Å². The molecule has 0 saturated carbocycles. The van der Waals surface area contributed by atoms with Crippen LogP contribution in [0.25, 0.3) is 0 Å². The zero-order valence-electron chi connectivity index (χ0n) is 20.3. The second kappa shape index (κ2) is 19.5. The van der Waals surface area contributed by atoms with E-state index in [-0.39, 0.29) is 11.9 Å². The molecule has 0 radical (unpaired) electrons. The average Bonchev–Trinajstić information content (AvgIpc) is 3.52. The minimum absolute atomic E-state index is 0.0834. The number of unbranched alkanes of at least 4 members (excludes halogenated alkanes) is 3. The summed E-state index contributed by atoms with van der Waals surface area (Å²) in [6.07, 6.45) is 12.4. The van der Waals surface area contributed by atoms with Gasteiger partial charge in [0.15, 0.2) is 0 Å². The van der Waals surface area contributed by atoms with Crippen LogP contribution in [-0.2, 0) is 19.1 Å². The summed E-state index contributed by atoms with van der Waals surface area (Å²) in [6, 6.07) is 0. The Hall–Kier alpha value is 0.300. The molecule has 9 heteroatoms. The molecule has 2 saturated heterocycles. The van der Waals surface area contributed by atoms with Gasteiger partial charge in [0.05, 0.1) is 0 Å². The Balaban J connectivity index is 1.47. The summed E-state index contributed by atoms with van der Waals surface area (Å²) in [6.45, 7) is 5.36. The Bertz CT molecular complexity index is 487. The first-order valence-corrected chi connectivity index (χ1v) is 17.5. The van der Waals surface area contributed by atoms with Gasteiger partial charge in [-0.2, -0.15) is 0 Å². The average molecular weight is 538 g/mol. The van der Waals surface area contributed by atoms with Crippen LogP contribution in [0.15, 0.2) is 0 Å². The highest BCUT2D eigenvalue weighted by Gasteiger charge is 2.17. The summed E-state index contributed by atoms with van der Waals surface area (Å²) in [7, 11) is 7.95. The Kier molecular flexibility index (Phi) is 17.4. The minimum Gasteiger partial charge on any atom is -0.464 e. The van der Waals surface area contributed by atoms with Crippen molar-refractivity contribution in [2.45, 2.75) is 94.5 Å². The maximum absolute atomic E-state index is 12.0. The molecule has 0 bridgehead atoms. The van der Waals surface area contributed by atoms with E-state index in [0.29, 0.717) is 39.1 Å². The predicted octanol–water partition coefficient (Wildman–Crippen LogP) is 6.60. The van der Waals surface area contributed by atoms with Gasteiger partial charge >= 0.3 is 11.9 Å². The fraction of sp³-hybridized carbons (Fsp3) is 0.917. The SMILES string of the molecule is CCCCN(CCOC(=O)CCCCC1CCSS1)CCOC(=O)CCCCC1CCSS1. The number of rotatable bonds is 19. The van der Waals surface area contributed by atoms with Crippen LogP contribution in [-0.4, -0.2) is 71.7 Å². The van der Waals surface area contributed by atoms with Crippen LogP contribution in [0.1, 0.15) is 84.0 Å². The van der Waals surface area contributed by atoms with Crippen molar-refractivity contribution >= 4 is 55.1 Å². The summed E-state index contributed by atoms with van der Waals surface area (Å²) in [5.41, 5.74) is 0. The van der Waals surface area contributed by atoms with E-state index in [1.165, 1.54) is 37.2 Å². The predicted molar refractivity (Wildman–Crippen MR) is 147 cm³/mol. The highest BCUT2D eigenvalue weighted by Crippen LogP contribution is 2.40. The van der Waals surface area contributed by atoms with Crippen molar-refractivity contribution in [2.75, 3.05) is 44.4 Å². The summed E-state index contributed by atoms with van der Waals surface area (Å²) in [5.74, 6) is 2.37. The van der Waals surface area contributed by atoms with E-state index in [0.717, 1.165) is 55.6 Å². The monoisotopic (exact) mass is 537 g/mol. The Morgan fingerprint density at radius 3 is 1.70 bits per heavy atom. The summed E-state index contributed by atoms with van der Waals surface area (Å²) >= 11 is 0. The first kappa shape index (κ1) is 29.5. The van der Waals surface area contributed by atoms with Gasteiger partial charge in [0.1, 0.15) is 13.2 Å². The largest absolute Gasteiger partial charge is 0.464 e. The molecule has 0 N–H and O–H groups in total. The first-order chi connectivity index (χ1) is 16.2. The van der Waals surface area contributed by atoms with Crippen molar-refractivity contribution in [1.29, 1.82) is 0 Å². The summed E-state index contributed by atoms with van der Waals surface area (Å²) in [4.78, 5) is 26.3. The van der Waals surface area contributed by atoms with E-state index in [9.17, 15) is 9.59 Å². The number of esters is 2. The van der Waals surface area contributed by atoms with Gasteiger partial charge in [0, 0.05) is 47.9 Å². The molecule has 0 aromatic rings. The molecule has 0 aliphatic carbocycles. The molecule has 192 valence electrons. The van der Waals surface area contributed by atoms with Crippen molar-refractivity contribution in [2.24, 2.45) is 0 Å². The van der Waals surface area contributed by atoms with Crippen molar-refractivity contribution in [3.8, 4) is 0 Å². The third-order valence-corrected chi connectivity index (χ3v) is 12.0. The van der Waals surface area contributed by atoms with Crippen molar-refractivity contribution < 1.29 is 19.1 Å². The van der Waals surface area contributed by atoms with Gasteiger partial charge in [0.25, 0.3) is 0 Å². The maximum atomic E-state index is 12.0. The third kappa shape index (κ3) is 15.1. The number of hydrogen-bond acceptors (Lipinski definition) is 9. The van der Waals surface area contributed by atoms with Gasteiger partial charge in [-0.25, -0.2) is 0 Å². The summed E-state index contributed by atoms with van der Waals surface area (Å²) < 4.78 is 10.9. The zero-order chi connectivity index (χ0) is 23.6. The highest BCUT2D eigenvalue weighted by atomic mass is 33.1. The van der Waals surface area contributed by atoms with Crippen LogP contribution in [0.4, 0.5) is 0 Å². The van der Waals surface area contributed by atoms with Gasteiger partial charge in [-0.3, -0.25) is 14.5 Å². The number of carbonyl (C=O) groups excluding carboxylic acids is 2. The lowest BCUT2D eigenvalue weighted by molar-refractivity contribution is -0.144. The lowest BCUT2D eigenvalue weighted by atomic mass is 10.1. The third-order valence-electron chi connectivity index (χ3n) is 5.94. The van der Waals surface area contributed by atoms with E-state index in [4.69, 9.17) is 9.47 Å². The van der Waals surface area contributed by atoms with Crippen LogP contribution in [0, 0.1) is 0 Å². The van der Waals surface area contributed by atoms with Crippen molar-refractivity contribution in [1.82, 2.24) is 4.90 Å². The normalized spacial score (nSPS) is 20.4. The Morgan fingerprint density at radius 2 is 1.27 bits per heavy atom. The molecule has 0 aromatic carbocycles. The molecule has 0 amide bonds. The topological polar surface area (TPSA) is 55.8 Å². The van der Waals surface area contributed by atoms with E-state index >= 15 is 0 Å². The van der Waals surface area contributed by atoms with Gasteiger partial charge in [-0.1, -0.05) is 69.4 Å². The quantitative estimate of drug-likeness (QED) is 0.103. The smallest absolute Gasteiger partial charge is 0.305 e. The molecule has 2 atom stereocenters. The molecule has 2 rings (SSSR count). The van der Waals surface area contributed by atoms with E-state index in [1.54, 1.807) is 0 Å². The molecule has 2 aliphatic rings. The fourth-order valence-electron chi connectivity index (χ4n) is 3.85. The van der Waals surface area contributed by atoms with Crippen LogP contribution >= 0.6 is 43.2 Å². The molecular weight excluding hydrogens is 495 g/mol. The maximum Gasteiger partial charge on any atom is 0.305 e. The standard InChI is InChI=1S/C24H43NO4S4/c1-2-3-14-25(15-17-28-23(26)10-6-4-8-21-12-19-30-32-21)16-18-29-24(27)11-7-5-9-22-13-20-31-33-22/h21-22H,2-20H2,1H3. The molecule has 2 aliphatic heterocycles. The number of nitrogens with zero attached hydrogens (tertiary/aromatic N) is 1. The Labute approximate surface area is 217 Å². The van der Waals surface area contributed by atoms with Crippen LogP contribution in [0.3, 0.4) is 0 Å². The molecule has 33 heavy (non-hydrogen) atoms. The van der Waals surface area contributed by atoms with Gasteiger partial charge < -0.3 is 9.47 Å². The fourth-order valence-corrected chi connectivity index (χ4v) is 9.91. The number of carbonyl (C=O) groups is 2. The minimum atomic E-state index is -0.0834. The van der Waals surface area contributed by atoms with E-state index < -0.39 is 0 Å². The second-order valence-corrected chi connectivity index (χ2v) is 14.4. The molecule has 5 nitrogen and oxygen atoms in total. The van der Waals surface area contributed by atoms with Crippen LogP contribution in [0.2, 0.25) is 0 Å². The molecular formula is C24H43NO4S4. The molecule has 2 heterocycles. The lowest BCUT2D eigenvalue weighted by Crippen LogP contribution is -2.33. The molecule has 2 fully saturated rings. The number of hydrogen-bond donors (Lipinski definition) is 0. The molecule has 2 unspecified atom stereocenters. The number of ether oxygens (including phenoxy) is 2. The molecule has 0 spiro atoms. The van der Waals surface area contributed by atoms with Gasteiger partial charge in [-0.05, 0) is 51.5 Å². The van der Waals surface area contributed by atoms with E-state index in [2.05, 4.69) is 11.8 Å². The zero-order valence-corrected chi connectivity index (χ0v) is 23.6. The molecule has 0 aromatic heterocycles.